The summed E-state index contributed by atoms with van der Waals surface area (Å²) in [5.41, 5.74) is 1.28. The van der Waals surface area contributed by atoms with E-state index in [1.807, 2.05) is 44.4 Å². The highest BCUT2D eigenvalue weighted by atomic mass is 16.5. The molecule has 1 atom stereocenters. The molecule has 0 aliphatic carbocycles. The second-order valence-electron chi connectivity index (χ2n) is 3.81. The van der Waals surface area contributed by atoms with E-state index in [0.29, 0.717) is 5.69 Å². The SMILES string of the molecule is C[C@H](OC(=O)c1cccn1C)c1ccccn1. The van der Waals surface area contributed by atoms with Crippen LogP contribution >= 0.6 is 0 Å². The van der Waals surface area contributed by atoms with E-state index >= 15 is 0 Å². The summed E-state index contributed by atoms with van der Waals surface area (Å²) in [4.78, 5) is 16.0. The summed E-state index contributed by atoms with van der Waals surface area (Å²) in [6, 6.07) is 9.07. The van der Waals surface area contributed by atoms with Crippen LogP contribution in [0.2, 0.25) is 0 Å². The van der Waals surface area contributed by atoms with Crippen molar-refractivity contribution in [3.05, 3.63) is 54.1 Å². The fourth-order valence-electron chi connectivity index (χ4n) is 1.57. The van der Waals surface area contributed by atoms with E-state index in [1.165, 1.54) is 0 Å². The average Bonchev–Trinajstić information content (AvgIpc) is 2.76. The lowest BCUT2D eigenvalue weighted by atomic mass is 10.2. The van der Waals surface area contributed by atoms with Gasteiger partial charge in [0.05, 0.1) is 5.69 Å². The van der Waals surface area contributed by atoms with Crippen LogP contribution in [0.3, 0.4) is 0 Å². The van der Waals surface area contributed by atoms with Gasteiger partial charge in [0.25, 0.3) is 0 Å². The highest BCUT2D eigenvalue weighted by Gasteiger charge is 2.16. The first-order valence-electron chi connectivity index (χ1n) is 5.41. The summed E-state index contributed by atoms with van der Waals surface area (Å²) in [5.74, 6) is -0.337. The van der Waals surface area contributed by atoms with E-state index in [1.54, 1.807) is 16.8 Å². The van der Waals surface area contributed by atoms with Gasteiger partial charge in [-0.05, 0) is 31.2 Å². The van der Waals surface area contributed by atoms with Gasteiger partial charge in [-0.2, -0.15) is 0 Å². The number of aryl methyl sites for hydroxylation is 1. The molecule has 0 spiro atoms. The van der Waals surface area contributed by atoms with Gasteiger partial charge in [0.2, 0.25) is 0 Å². The van der Waals surface area contributed by atoms with Crippen molar-refractivity contribution >= 4 is 5.97 Å². The number of carbonyl (C=O) groups excluding carboxylic acids is 1. The molecular formula is C13H14N2O2. The minimum absolute atomic E-state index is 0.337. The molecule has 0 aliphatic rings. The highest BCUT2D eigenvalue weighted by molar-refractivity contribution is 5.87. The van der Waals surface area contributed by atoms with E-state index in [2.05, 4.69) is 4.98 Å². The molecule has 0 aliphatic heterocycles. The molecule has 2 aromatic rings. The van der Waals surface area contributed by atoms with Crippen LogP contribution in [0.25, 0.3) is 0 Å². The van der Waals surface area contributed by atoms with E-state index in [9.17, 15) is 4.79 Å². The minimum atomic E-state index is -0.349. The molecule has 0 unspecified atom stereocenters. The lowest BCUT2D eigenvalue weighted by molar-refractivity contribution is 0.0318. The van der Waals surface area contributed by atoms with Crippen molar-refractivity contribution in [1.29, 1.82) is 0 Å². The number of pyridine rings is 1. The number of carbonyl (C=O) groups is 1. The molecular weight excluding hydrogens is 216 g/mol. The van der Waals surface area contributed by atoms with Crippen LogP contribution in [0.15, 0.2) is 42.7 Å². The van der Waals surface area contributed by atoms with E-state index in [-0.39, 0.29) is 12.1 Å². The lowest BCUT2D eigenvalue weighted by Crippen LogP contribution is -2.13. The molecule has 2 heterocycles. The fraction of sp³-hybridized carbons (Fsp3) is 0.231. The van der Waals surface area contributed by atoms with Gasteiger partial charge in [-0.15, -0.1) is 0 Å². The van der Waals surface area contributed by atoms with Crippen molar-refractivity contribution in [1.82, 2.24) is 9.55 Å². The predicted molar refractivity (Wildman–Crippen MR) is 63.5 cm³/mol. The summed E-state index contributed by atoms with van der Waals surface area (Å²) >= 11 is 0. The largest absolute Gasteiger partial charge is 0.451 e. The Morgan fingerprint density at radius 3 is 2.76 bits per heavy atom. The summed E-state index contributed by atoms with van der Waals surface area (Å²) in [6.07, 6.45) is 3.14. The number of ether oxygens (including phenoxy) is 1. The van der Waals surface area contributed by atoms with Crippen LogP contribution in [0.5, 0.6) is 0 Å². The Morgan fingerprint density at radius 2 is 2.18 bits per heavy atom. The molecule has 0 radical (unpaired) electrons. The Kier molecular flexibility index (Phi) is 3.23. The number of esters is 1. The third-order valence-corrected chi connectivity index (χ3v) is 2.54. The first-order valence-corrected chi connectivity index (χ1v) is 5.41. The Morgan fingerprint density at radius 1 is 1.35 bits per heavy atom. The molecule has 0 bridgehead atoms. The van der Waals surface area contributed by atoms with Gasteiger partial charge in [-0.1, -0.05) is 6.07 Å². The average molecular weight is 230 g/mol. The number of rotatable bonds is 3. The third-order valence-electron chi connectivity index (χ3n) is 2.54. The first-order chi connectivity index (χ1) is 8.18. The van der Waals surface area contributed by atoms with Gasteiger partial charge in [0.1, 0.15) is 11.8 Å². The molecule has 17 heavy (non-hydrogen) atoms. The molecule has 0 N–H and O–H groups in total. The van der Waals surface area contributed by atoms with Crippen molar-refractivity contribution in [2.45, 2.75) is 13.0 Å². The maximum Gasteiger partial charge on any atom is 0.355 e. The zero-order valence-electron chi connectivity index (χ0n) is 9.83. The molecule has 88 valence electrons. The molecule has 0 saturated carbocycles. The monoisotopic (exact) mass is 230 g/mol. The van der Waals surface area contributed by atoms with Crippen molar-refractivity contribution in [3.8, 4) is 0 Å². The predicted octanol–water partition coefficient (Wildman–Crippen LogP) is 2.34. The van der Waals surface area contributed by atoms with Crippen LogP contribution in [0.1, 0.15) is 29.2 Å². The van der Waals surface area contributed by atoms with Gasteiger partial charge in [0, 0.05) is 19.4 Å². The Bertz CT molecular complexity index is 505. The number of hydrogen-bond acceptors (Lipinski definition) is 3. The van der Waals surface area contributed by atoms with Gasteiger partial charge in [-0.25, -0.2) is 4.79 Å². The van der Waals surface area contributed by atoms with Crippen molar-refractivity contribution < 1.29 is 9.53 Å². The molecule has 0 fully saturated rings. The van der Waals surface area contributed by atoms with Crippen LogP contribution in [0, 0.1) is 0 Å². The quantitative estimate of drug-likeness (QED) is 0.760. The Hall–Kier alpha value is -2.10. The van der Waals surface area contributed by atoms with Gasteiger partial charge in [-0.3, -0.25) is 4.98 Å². The minimum Gasteiger partial charge on any atom is -0.451 e. The zero-order chi connectivity index (χ0) is 12.3. The van der Waals surface area contributed by atoms with E-state index in [0.717, 1.165) is 5.69 Å². The molecule has 0 saturated heterocycles. The normalized spacial score (nSPS) is 12.1. The maximum atomic E-state index is 11.8. The Labute approximate surface area is 99.9 Å². The van der Waals surface area contributed by atoms with Gasteiger partial charge >= 0.3 is 5.97 Å². The summed E-state index contributed by atoms with van der Waals surface area (Å²) in [5, 5.41) is 0. The molecule has 0 amide bonds. The lowest BCUT2D eigenvalue weighted by Gasteiger charge is -2.12. The smallest absolute Gasteiger partial charge is 0.355 e. The molecule has 2 aromatic heterocycles. The van der Waals surface area contributed by atoms with E-state index < -0.39 is 0 Å². The summed E-state index contributed by atoms with van der Waals surface area (Å²) in [6.45, 7) is 1.81. The summed E-state index contributed by atoms with van der Waals surface area (Å²) in [7, 11) is 1.81. The first kappa shape index (κ1) is 11.4. The standard InChI is InChI=1S/C13H14N2O2/c1-10(11-6-3-4-8-14-11)17-13(16)12-7-5-9-15(12)2/h3-10H,1-2H3/t10-/m0/s1. The second kappa shape index (κ2) is 4.82. The van der Waals surface area contributed by atoms with Crippen molar-refractivity contribution in [2.24, 2.45) is 7.05 Å². The van der Waals surface area contributed by atoms with Gasteiger partial charge < -0.3 is 9.30 Å². The fourth-order valence-corrected chi connectivity index (χ4v) is 1.57. The zero-order valence-corrected chi connectivity index (χ0v) is 9.83. The topological polar surface area (TPSA) is 44.1 Å². The van der Waals surface area contributed by atoms with E-state index in [4.69, 9.17) is 4.74 Å². The van der Waals surface area contributed by atoms with Crippen LogP contribution < -0.4 is 0 Å². The second-order valence-corrected chi connectivity index (χ2v) is 3.81. The van der Waals surface area contributed by atoms with Crippen LogP contribution in [-0.4, -0.2) is 15.5 Å². The van der Waals surface area contributed by atoms with Crippen LogP contribution in [-0.2, 0) is 11.8 Å². The molecule has 0 aromatic carbocycles. The Balaban J connectivity index is 2.08. The third kappa shape index (κ3) is 2.53. The number of nitrogens with zero attached hydrogens (tertiary/aromatic N) is 2. The van der Waals surface area contributed by atoms with Crippen LogP contribution in [0.4, 0.5) is 0 Å². The molecule has 4 nitrogen and oxygen atoms in total. The number of aromatic nitrogens is 2. The van der Waals surface area contributed by atoms with Crippen molar-refractivity contribution in [3.63, 3.8) is 0 Å². The molecule has 2 rings (SSSR count). The van der Waals surface area contributed by atoms with Crippen molar-refractivity contribution in [2.75, 3.05) is 0 Å². The maximum absolute atomic E-state index is 11.8. The number of hydrogen-bond donors (Lipinski definition) is 0. The highest BCUT2D eigenvalue weighted by Crippen LogP contribution is 2.15. The molecule has 4 heteroatoms. The summed E-state index contributed by atoms with van der Waals surface area (Å²) < 4.78 is 7.07. The van der Waals surface area contributed by atoms with Gasteiger partial charge in [0.15, 0.2) is 0 Å².